The lowest BCUT2D eigenvalue weighted by atomic mass is 10.3. The molecule has 0 heterocycles. The third kappa shape index (κ3) is 8.05. The molecule has 0 aliphatic heterocycles. The van der Waals surface area contributed by atoms with Gasteiger partial charge < -0.3 is 14.3 Å². The molecule has 9 heavy (non-hydrogen) atoms. The fourth-order valence-corrected chi connectivity index (χ4v) is 0.556. The van der Waals surface area contributed by atoms with Crippen molar-refractivity contribution in [2.45, 2.75) is 13.3 Å². The molecule has 3 nitrogen and oxygen atoms in total. The molecule has 0 bridgehead atoms. The standard InChI is InChI=1S/C5H11O3P/c1-5(2)3-4-8-9(6)7/h6-7H,1,3-4H2,2H3. The molecule has 0 saturated heterocycles. The molecule has 0 aliphatic carbocycles. The molecule has 0 aromatic carbocycles. The smallest absolute Gasteiger partial charge is 0.327 e. The summed E-state index contributed by atoms with van der Waals surface area (Å²) in [5, 5.41) is 0. The van der Waals surface area contributed by atoms with Crippen molar-refractivity contribution in [3.8, 4) is 0 Å². The van der Waals surface area contributed by atoms with Crippen molar-refractivity contribution < 1.29 is 14.3 Å². The highest BCUT2D eigenvalue weighted by Gasteiger charge is 1.96. The monoisotopic (exact) mass is 150 g/mol. The van der Waals surface area contributed by atoms with Gasteiger partial charge in [-0.3, -0.25) is 0 Å². The summed E-state index contributed by atoms with van der Waals surface area (Å²) >= 11 is 0. The molecule has 0 fully saturated rings. The summed E-state index contributed by atoms with van der Waals surface area (Å²) in [6.07, 6.45) is 0.681. The minimum atomic E-state index is -2.17. The van der Waals surface area contributed by atoms with E-state index in [1.807, 2.05) is 6.92 Å². The second kappa shape index (κ2) is 4.89. The molecule has 0 aliphatic rings. The highest BCUT2D eigenvalue weighted by atomic mass is 31.2. The summed E-state index contributed by atoms with van der Waals surface area (Å²) in [6.45, 7) is 5.82. The maximum atomic E-state index is 8.23. The summed E-state index contributed by atoms with van der Waals surface area (Å²) in [7, 11) is -2.17. The van der Waals surface area contributed by atoms with E-state index >= 15 is 0 Å². The van der Waals surface area contributed by atoms with Crippen LogP contribution in [0.4, 0.5) is 0 Å². The van der Waals surface area contributed by atoms with Crippen molar-refractivity contribution in [1.29, 1.82) is 0 Å². The Bertz CT molecular complexity index is 92.2. The van der Waals surface area contributed by atoms with Crippen LogP contribution in [0.1, 0.15) is 13.3 Å². The molecule has 0 atom stereocenters. The predicted molar refractivity (Wildman–Crippen MR) is 36.7 cm³/mol. The van der Waals surface area contributed by atoms with E-state index in [-0.39, 0.29) is 0 Å². The van der Waals surface area contributed by atoms with Crippen molar-refractivity contribution in [3.63, 3.8) is 0 Å². The minimum absolute atomic E-state index is 0.341. The van der Waals surface area contributed by atoms with Crippen molar-refractivity contribution in [3.05, 3.63) is 12.2 Å². The summed E-state index contributed by atoms with van der Waals surface area (Å²) in [5.74, 6) is 0. The van der Waals surface area contributed by atoms with Crippen LogP contribution in [0.25, 0.3) is 0 Å². The third-order valence-corrected chi connectivity index (χ3v) is 1.15. The normalized spacial score (nSPS) is 10.2. The molecule has 0 saturated carbocycles. The number of hydrogen-bond donors (Lipinski definition) is 2. The molecule has 0 aromatic heterocycles. The minimum Gasteiger partial charge on any atom is -0.328 e. The quantitative estimate of drug-likeness (QED) is 0.467. The number of hydrogen-bond acceptors (Lipinski definition) is 3. The first kappa shape index (κ1) is 9.05. The lowest BCUT2D eigenvalue weighted by molar-refractivity contribution is 0.258. The Morgan fingerprint density at radius 3 is 2.56 bits per heavy atom. The van der Waals surface area contributed by atoms with Gasteiger partial charge in [0.1, 0.15) is 0 Å². The average Bonchev–Trinajstić information content (AvgIpc) is 1.63. The summed E-state index contributed by atoms with van der Waals surface area (Å²) < 4.78 is 4.47. The van der Waals surface area contributed by atoms with Crippen molar-refractivity contribution in [2.75, 3.05) is 6.61 Å². The van der Waals surface area contributed by atoms with E-state index < -0.39 is 8.60 Å². The van der Waals surface area contributed by atoms with Crippen LogP contribution in [0.5, 0.6) is 0 Å². The third-order valence-electron chi connectivity index (χ3n) is 0.736. The van der Waals surface area contributed by atoms with E-state index in [1.165, 1.54) is 0 Å². The van der Waals surface area contributed by atoms with E-state index in [2.05, 4.69) is 11.1 Å². The van der Waals surface area contributed by atoms with Gasteiger partial charge in [0.15, 0.2) is 0 Å². The molecule has 0 unspecified atom stereocenters. The van der Waals surface area contributed by atoms with Gasteiger partial charge in [0, 0.05) is 0 Å². The van der Waals surface area contributed by atoms with Crippen LogP contribution < -0.4 is 0 Å². The van der Waals surface area contributed by atoms with Gasteiger partial charge in [-0.25, -0.2) is 0 Å². The highest BCUT2D eigenvalue weighted by molar-refractivity contribution is 7.39. The molecule has 0 spiro atoms. The maximum absolute atomic E-state index is 8.23. The maximum Gasteiger partial charge on any atom is 0.327 e. The zero-order valence-corrected chi connectivity index (χ0v) is 6.27. The van der Waals surface area contributed by atoms with Crippen LogP contribution >= 0.6 is 8.60 Å². The SMILES string of the molecule is C=C(C)CCOP(O)O. The zero-order valence-electron chi connectivity index (χ0n) is 5.37. The Labute approximate surface area is 56.0 Å². The zero-order chi connectivity index (χ0) is 7.28. The van der Waals surface area contributed by atoms with Crippen molar-refractivity contribution >= 4 is 8.60 Å². The molecule has 4 heteroatoms. The molecule has 0 radical (unpaired) electrons. The van der Waals surface area contributed by atoms with Gasteiger partial charge in [-0.2, -0.15) is 0 Å². The average molecular weight is 150 g/mol. The van der Waals surface area contributed by atoms with E-state index in [9.17, 15) is 0 Å². The molecule has 0 rings (SSSR count). The van der Waals surface area contributed by atoms with Gasteiger partial charge in [-0.1, -0.05) is 5.57 Å². The molecule has 54 valence electrons. The van der Waals surface area contributed by atoms with Crippen LogP contribution in [0.2, 0.25) is 0 Å². The van der Waals surface area contributed by atoms with E-state index in [4.69, 9.17) is 9.79 Å². The van der Waals surface area contributed by atoms with Crippen molar-refractivity contribution in [2.24, 2.45) is 0 Å². The van der Waals surface area contributed by atoms with Gasteiger partial charge in [-0.05, 0) is 13.3 Å². The van der Waals surface area contributed by atoms with Crippen LogP contribution in [-0.2, 0) is 4.52 Å². The van der Waals surface area contributed by atoms with E-state index in [1.54, 1.807) is 0 Å². The Balaban J connectivity index is 3.01. The second-order valence-electron chi connectivity index (χ2n) is 1.79. The van der Waals surface area contributed by atoms with Crippen LogP contribution in [0.3, 0.4) is 0 Å². The molecule has 0 aromatic rings. The number of rotatable bonds is 4. The molecule has 0 amide bonds. The fraction of sp³-hybridized carbons (Fsp3) is 0.600. The highest BCUT2D eigenvalue weighted by Crippen LogP contribution is 2.24. The van der Waals surface area contributed by atoms with Gasteiger partial charge >= 0.3 is 8.60 Å². The second-order valence-corrected chi connectivity index (χ2v) is 2.56. The Hall–Kier alpha value is 0.0500. The lowest BCUT2D eigenvalue weighted by Crippen LogP contribution is -1.88. The fourth-order valence-electron chi connectivity index (χ4n) is 0.302. The lowest BCUT2D eigenvalue weighted by Gasteiger charge is -2.01. The first-order valence-corrected chi connectivity index (χ1v) is 3.74. The molecular formula is C5H11O3P. The van der Waals surface area contributed by atoms with Crippen LogP contribution in [-0.4, -0.2) is 16.4 Å². The van der Waals surface area contributed by atoms with Gasteiger partial charge in [0.05, 0.1) is 6.61 Å². The van der Waals surface area contributed by atoms with Gasteiger partial charge in [0.25, 0.3) is 0 Å². The van der Waals surface area contributed by atoms with Crippen molar-refractivity contribution in [1.82, 2.24) is 0 Å². The predicted octanol–water partition coefficient (Wildman–Crippen LogP) is 1.18. The van der Waals surface area contributed by atoms with E-state index in [0.29, 0.717) is 13.0 Å². The Morgan fingerprint density at radius 1 is 1.67 bits per heavy atom. The van der Waals surface area contributed by atoms with Gasteiger partial charge in [0.2, 0.25) is 0 Å². The Kier molecular flexibility index (Phi) is 4.91. The molecular weight excluding hydrogens is 139 g/mol. The van der Waals surface area contributed by atoms with Crippen LogP contribution in [0.15, 0.2) is 12.2 Å². The summed E-state index contributed by atoms with van der Waals surface area (Å²) in [6, 6.07) is 0. The van der Waals surface area contributed by atoms with Gasteiger partial charge in [-0.15, -0.1) is 6.58 Å². The van der Waals surface area contributed by atoms with Crippen LogP contribution in [0, 0.1) is 0 Å². The summed E-state index contributed by atoms with van der Waals surface area (Å²) in [4.78, 5) is 16.5. The first-order valence-electron chi connectivity index (χ1n) is 2.58. The topological polar surface area (TPSA) is 49.7 Å². The largest absolute Gasteiger partial charge is 0.328 e. The molecule has 2 N–H and O–H groups in total. The van der Waals surface area contributed by atoms with E-state index in [0.717, 1.165) is 5.57 Å². The summed E-state index contributed by atoms with van der Waals surface area (Å²) in [5.41, 5.74) is 0.979. The Morgan fingerprint density at radius 2 is 2.22 bits per heavy atom. The first-order chi connectivity index (χ1) is 4.13.